The second-order valence-corrected chi connectivity index (χ2v) is 6.38. The van der Waals surface area contributed by atoms with Crippen molar-refractivity contribution in [2.75, 3.05) is 0 Å². The van der Waals surface area contributed by atoms with Crippen molar-refractivity contribution in [2.45, 2.75) is 86.0 Å². The van der Waals surface area contributed by atoms with Gasteiger partial charge in [0.1, 0.15) is 0 Å². The molecule has 0 bridgehead atoms. The Kier molecular flexibility index (Phi) is 21.5. The average Bonchev–Trinajstić information content (AvgIpc) is 3.38. The zero-order chi connectivity index (χ0) is 23.2. The average molecular weight is 578 g/mol. The molecule has 0 amide bonds. The van der Waals surface area contributed by atoms with Gasteiger partial charge >= 0.3 is 23.9 Å². The summed E-state index contributed by atoms with van der Waals surface area (Å²) in [6, 6.07) is 3.67. The first-order valence-electron chi connectivity index (χ1n) is 9.62. The van der Waals surface area contributed by atoms with Gasteiger partial charge in [-0.05, 0) is 12.1 Å². The Balaban J connectivity index is -0.000000437. The molecule has 0 aliphatic carbocycles. The first-order chi connectivity index (χ1) is 14.7. The summed E-state index contributed by atoms with van der Waals surface area (Å²) in [6.45, 7) is 5.23. The van der Waals surface area contributed by atoms with Gasteiger partial charge < -0.3 is 40.3 Å². The molecular formula is C22H35O11Rh-. The first kappa shape index (κ1) is 36.3. The topological polar surface area (TPSA) is 137 Å². The van der Waals surface area contributed by atoms with Gasteiger partial charge in [-0.1, -0.05) is 7.43 Å². The van der Waals surface area contributed by atoms with Gasteiger partial charge in [0.15, 0.2) is 0 Å². The molecule has 34 heavy (non-hydrogen) atoms. The summed E-state index contributed by atoms with van der Waals surface area (Å²) in [5.74, 6) is -1.58. The normalized spacial score (nSPS) is 21.8. The van der Waals surface area contributed by atoms with Crippen molar-refractivity contribution in [1.82, 2.24) is 0 Å². The van der Waals surface area contributed by atoms with Crippen LogP contribution in [0.4, 0.5) is 0 Å². The van der Waals surface area contributed by atoms with Crippen LogP contribution in [0.3, 0.4) is 0 Å². The van der Waals surface area contributed by atoms with E-state index in [9.17, 15) is 19.2 Å². The third kappa shape index (κ3) is 18.2. The smallest absolute Gasteiger partial charge is 0.304 e. The molecule has 3 rings (SSSR count). The van der Waals surface area contributed by atoms with Crippen molar-refractivity contribution in [3.63, 3.8) is 0 Å². The van der Waals surface area contributed by atoms with Crippen molar-refractivity contribution >= 4 is 23.9 Å². The van der Waals surface area contributed by atoms with Crippen molar-refractivity contribution in [3.8, 4) is 0 Å². The third-order valence-electron chi connectivity index (χ3n) is 3.50. The quantitative estimate of drug-likeness (QED) is 0.225. The van der Waals surface area contributed by atoms with Crippen LogP contribution in [0.25, 0.3) is 0 Å². The molecule has 2 fully saturated rings. The molecule has 2 aliphatic rings. The maximum atomic E-state index is 10.5. The molecule has 4 atom stereocenters. The molecule has 1 aromatic heterocycles. The van der Waals surface area contributed by atoms with Crippen LogP contribution in [0.2, 0.25) is 0 Å². The van der Waals surface area contributed by atoms with E-state index in [0.29, 0.717) is 25.7 Å². The summed E-state index contributed by atoms with van der Waals surface area (Å²) in [5.41, 5.74) is 0. The zero-order valence-electron chi connectivity index (χ0n) is 19.3. The van der Waals surface area contributed by atoms with Crippen LogP contribution >= 0.6 is 0 Å². The number of carbonyl (C=O) groups excluding carboxylic acids is 4. The van der Waals surface area contributed by atoms with Crippen LogP contribution in [0.5, 0.6) is 0 Å². The molecule has 1 radical (unpaired) electrons. The van der Waals surface area contributed by atoms with Crippen LogP contribution < -0.4 is 0 Å². The van der Waals surface area contributed by atoms with Gasteiger partial charge in [0.25, 0.3) is 0 Å². The second kappa shape index (κ2) is 20.1. The minimum atomic E-state index is -0.568. The number of rotatable bonds is 4. The van der Waals surface area contributed by atoms with Gasteiger partial charge in [-0.2, -0.15) is 0 Å². The Morgan fingerprint density at radius 2 is 0.853 bits per heavy atom. The van der Waals surface area contributed by atoms with Crippen molar-refractivity contribution < 1.29 is 71.5 Å². The molecule has 0 spiro atoms. The first-order valence-corrected chi connectivity index (χ1v) is 9.62. The molecule has 0 saturated carbocycles. The minimum Gasteiger partial charge on any atom is -0.473 e. The fraction of sp³-hybridized carbons (Fsp3) is 0.591. The number of ether oxygens (including phenoxy) is 6. The number of furan rings is 1. The van der Waals surface area contributed by atoms with Gasteiger partial charge in [-0.25, -0.2) is 0 Å². The third-order valence-corrected chi connectivity index (χ3v) is 3.50. The fourth-order valence-corrected chi connectivity index (χ4v) is 2.47. The monoisotopic (exact) mass is 578 g/mol. The van der Waals surface area contributed by atoms with E-state index in [1.54, 1.807) is 12.5 Å². The number of hydrogen-bond acceptors (Lipinski definition) is 11. The maximum absolute atomic E-state index is 10.5. The molecule has 0 N–H and O–H groups in total. The molecule has 1 aromatic rings. The van der Waals surface area contributed by atoms with E-state index in [2.05, 4.69) is 4.42 Å². The van der Waals surface area contributed by atoms with E-state index in [1.165, 1.54) is 27.7 Å². The van der Waals surface area contributed by atoms with Crippen LogP contribution in [-0.4, -0.2) is 49.0 Å². The predicted octanol–water partition coefficient (Wildman–Crippen LogP) is 3.51. The largest absolute Gasteiger partial charge is 0.473 e. The summed E-state index contributed by atoms with van der Waals surface area (Å²) in [7, 11) is 0. The molecule has 0 unspecified atom stereocenters. The fourth-order valence-electron chi connectivity index (χ4n) is 2.47. The van der Waals surface area contributed by atoms with Crippen LogP contribution in [0.1, 0.15) is 60.8 Å². The Morgan fingerprint density at radius 3 is 1.00 bits per heavy atom. The van der Waals surface area contributed by atoms with E-state index in [4.69, 9.17) is 28.4 Å². The van der Waals surface area contributed by atoms with Gasteiger partial charge in [0, 0.05) is 72.9 Å². The minimum absolute atomic E-state index is 0. The van der Waals surface area contributed by atoms with Crippen LogP contribution in [0, 0.1) is 7.43 Å². The summed E-state index contributed by atoms with van der Waals surface area (Å²) in [6.07, 6.45) is 3.25. The predicted molar refractivity (Wildman–Crippen MR) is 115 cm³/mol. The number of carbonyl (C=O) groups is 4. The Bertz CT molecular complexity index is 586. The van der Waals surface area contributed by atoms with Gasteiger partial charge in [-0.3, -0.25) is 19.2 Å². The molecule has 3 heterocycles. The van der Waals surface area contributed by atoms with Crippen LogP contribution in [-0.2, 0) is 67.1 Å². The van der Waals surface area contributed by atoms with Crippen molar-refractivity contribution in [2.24, 2.45) is 0 Å². The molecule has 2 saturated heterocycles. The molecule has 12 heteroatoms. The number of esters is 4. The Morgan fingerprint density at radius 1 is 0.618 bits per heavy atom. The number of hydrogen-bond donors (Lipinski definition) is 0. The second-order valence-electron chi connectivity index (χ2n) is 6.38. The summed E-state index contributed by atoms with van der Waals surface area (Å²) in [4.78, 5) is 42.1. The SMILES string of the molecule is C.CC(=O)O[C@@H]1CC[C@@H](OC(C)=O)O1.CC(=O)O[C@H]1CC[C@@H](OC(C)=O)O1.[CH3-].[Rh].c1ccoc1. The van der Waals surface area contributed by atoms with Crippen LogP contribution in [0.15, 0.2) is 29.1 Å². The van der Waals surface area contributed by atoms with Gasteiger partial charge in [-0.15, -0.1) is 0 Å². The molecule has 2 aliphatic heterocycles. The summed E-state index contributed by atoms with van der Waals surface area (Å²) < 4.78 is 33.9. The van der Waals surface area contributed by atoms with Crippen molar-refractivity contribution in [1.29, 1.82) is 0 Å². The van der Waals surface area contributed by atoms with Gasteiger partial charge in [0.2, 0.25) is 25.2 Å². The summed E-state index contributed by atoms with van der Waals surface area (Å²) >= 11 is 0. The zero-order valence-corrected chi connectivity index (χ0v) is 20.9. The summed E-state index contributed by atoms with van der Waals surface area (Å²) in [5, 5.41) is 0. The Labute approximate surface area is 213 Å². The van der Waals surface area contributed by atoms with E-state index in [-0.39, 0.29) is 34.3 Å². The van der Waals surface area contributed by atoms with Crippen molar-refractivity contribution in [3.05, 3.63) is 32.1 Å². The van der Waals surface area contributed by atoms with E-state index in [0.717, 1.165) is 0 Å². The molecule has 199 valence electrons. The van der Waals surface area contributed by atoms with Gasteiger partial charge in [0.05, 0.1) is 12.5 Å². The molecule has 11 nitrogen and oxygen atoms in total. The van der Waals surface area contributed by atoms with E-state index < -0.39 is 49.0 Å². The molecule has 0 aromatic carbocycles. The van der Waals surface area contributed by atoms with E-state index in [1.807, 2.05) is 12.1 Å². The molecular weight excluding hydrogens is 543 g/mol. The maximum Gasteiger partial charge on any atom is 0.304 e. The standard InChI is InChI=1S/2C8H12O5.C4H4O.CH4.CH3.Rh/c2*1-5(9)11-7-3-4-8(13-7)12-6(2)10;1-2-4-5-3-1;;;/h2*7-8H,3-4H2,1-2H3;1-4H;1H4;1H3;/q;;;;-1;/t7-,8+;7-,8-;;;;/m.0..../s1. The van der Waals surface area contributed by atoms with E-state index >= 15 is 0 Å². The Hall–Kier alpha value is -2.30.